The first kappa shape index (κ1) is 21.9. The summed E-state index contributed by atoms with van der Waals surface area (Å²) in [5.41, 5.74) is -1.20. The Balaban J connectivity index is 1.96. The Kier molecular flexibility index (Phi) is 5.87. The Labute approximate surface area is 185 Å². The Morgan fingerprint density at radius 2 is 1.87 bits per heavy atom. The van der Waals surface area contributed by atoms with Crippen molar-refractivity contribution in [1.82, 2.24) is 4.90 Å². The van der Waals surface area contributed by atoms with Gasteiger partial charge in [-0.05, 0) is 56.1 Å². The molecule has 1 aromatic heterocycles. The molecule has 1 aliphatic rings. The van der Waals surface area contributed by atoms with Crippen LogP contribution in [0, 0.1) is 0 Å². The molecule has 1 fully saturated rings. The van der Waals surface area contributed by atoms with E-state index in [2.05, 4.69) is 20.8 Å². The van der Waals surface area contributed by atoms with Crippen molar-refractivity contribution in [2.24, 2.45) is 0 Å². The highest BCUT2D eigenvalue weighted by Gasteiger charge is 2.40. The molecule has 1 aliphatic heterocycles. The van der Waals surface area contributed by atoms with Crippen LogP contribution in [0.4, 0.5) is 13.2 Å². The summed E-state index contributed by atoms with van der Waals surface area (Å²) in [6.07, 6.45) is -1.85. The fraction of sp³-hybridized carbons (Fsp3) is 0.348. The third kappa shape index (κ3) is 4.23. The predicted octanol–water partition coefficient (Wildman–Crippen LogP) is 6.32. The molecule has 4 nitrogen and oxygen atoms in total. The molecule has 164 valence electrons. The molecule has 3 aromatic rings. The van der Waals surface area contributed by atoms with Crippen molar-refractivity contribution in [3.63, 3.8) is 0 Å². The molecule has 0 radical (unpaired) electrons. The fourth-order valence-corrected chi connectivity index (χ4v) is 4.39. The zero-order chi connectivity index (χ0) is 22.3. The lowest BCUT2D eigenvalue weighted by Crippen LogP contribution is -2.36. The van der Waals surface area contributed by atoms with Crippen LogP contribution in [0.5, 0.6) is 5.75 Å². The number of likely N-dealkylation sites (tertiary alicyclic amines) is 1. The standard InChI is InChI=1S/C23H21BrF3NO3/c1-13-4-2-3-11-28(13)12-17-18(29)10-9-16-20(30)19(14-5-7-15(24)8-6-14)22(23(25,26)27)31-21(16)17/h5-10,13,29H,2-4,11-12H2,1H3. The van der Waals surface area contributed by atoms with E-state index in [0.29, 0.717) is 4.47 Å². The predicted molar refractivity (Wildman–Crippen MR) is 116 cm³/mol. The number of benzene rings is 2. The van der Waals surface area contributed by atoms with Gasteiger partial charge >= 0.3 is 6.18 Å². The first-order valence-corrected chi connectivity index (χ1v) is 10.8. The minimum absolute atomic E-state index is 0.0170. The van der Waals surface area contributed by atoms with Crippen molar-refractivity contribution in [2.45, 2.75) is 44.9 Å². The number of piperidine rings is 1. The van der Waals surface area contributed by atoms with E-state index in [-0.39, 0.29) is 40.4 Å². The number of phenols is 1. The van der Waals surface area contributed by atoms with Gasteiger partial charge in [0.15, 0.2) is 0 Å². The van der Waals surface area contributed by atoms with E-state index in [1.54, 1.807) is 12.1 Å². The van der Waals surface area contributed by atoms with E-state index in [1.807, 2.05) is 6.92 Å². The molecule has 0 aliphatic carbocycles. The summed E-state index contributed by atoms with van der Waals surface area (Å²) in [4.78, 5) is 15.3. The van der Waals surface area contributed by atoms with Crippen molar-refractivity contribution in [1.29, 1.82) is 0 Å². The maximum Gasteiger partial charge on any atom is 0.450 e. The lowest BCUT2D eigenvalue weighted by Gasteiger charge is -2.33. The van der Waals surface area contributed by atoms with Gasteiger partial charge in [0.05, 0.1) is 16.5 Å². The lowest BCUT2D eigenvalue weighted by atomic mass is 9.99. The average Bonchev–Trinajstić information content (AvgIpc) is 2.71. The Hall–Kier alpha value is -2.32. The molecule has 1 atom stereocenters. The molecule has 0 bridgehead atoms. The third-order valence-electron chi connectivity index (χ3n) is 5.83. The summed E-state index contributed by atoms with van der Waals surface area (Å²) in [6, 6.07) is 8.91. The summed E-state index contributed by atoms with van der Waals surface area (Å²) < 4.78 is 47.9. The molecule has 1 saturated heterocycles. The number of phenolic OH excluding ortho intramolecular Hbond substituents is 1. The molecule has 1 unspecified atom stereocenters. The van der Waals surface area contributed by atoms with Crippen LogP contribution in [-0.4, -0.2) is 22.6 Å². The van der Waals surface area contributed by atoms with Gasteiger partial charge in [-0.25, -0.2) is 0 Å². The van der Waals surface area contributed by atoms with E-state index in [0.717, 1.165) is 25.8 Å². The van der Waals surface area contributed by atoms with Gasteiger partial charge < -0.3 is 9.52 Å². The van der Waals surface area contributed by atoms with Crippen LogP contribution in [-0.2, 0) is 12.7 Å². The summed E-state index contributed by atoms with van der Waals surface area (Å²) in [5.74, 6) is -1.54. The molecule has 2 aromatic carbocycles. The van der Waals surface area contributed by atoms with E-state index in [1.165, 1.54) is 24.3 Å². The van der Waals surface area contributed by atoms with E-state index in [9.17, 15) is 23.1 Å². The van der Waals surface area contributed by atoms with Gasteiger partial charge in [0.25, 0.3) is 0 Å². The van der Waals surface area contributed by atoms with Crippen LogP contribution in [0.25, 0.3) is 22.1 Å². The van der Waals surface area contributed by atoms with Crippen molar-refractivity contribution in [3.8, 4) is 16.9 Å². The monoisotopic (exact) mass is 495 g/mol. The number of alkyl halides is 3. The molecule has 0 spiro atoms. The number of rotatable bonds is 3. The first-order valence-electron chi connectivity index (χ1n) is 10.1. The average molecular weight is 496 g/mol. The zero-order valence-electron chi connectivity index (χ0n) is 16.8. The number of hydrogen-bond donors (Lipinski definition) is 1. The van der Waals surface area contributed by atoms with Gasteiger partial charge in [-0.15, -0.1) is 0 Å². The molecule has 4 rings (SSSR count). The van der Waals surface area contributed by atoms with Crippen molar-refractivity contribution in [2.75, 3.05) is 6.54 Å². The molecule has 8 heteroatoms. The first-order chi connectivity index (χ1) is 14.7. The second-order valence-electron chi connectivity index (χ2n) is 7.90. The van der Waals surface area contributed by atoms with Crippen LogP contribution in [0.3, 0.4) is 0 Å². The van der Waals surface area contributed by atoms with Gasteiger partial charge in [-0.3, -0.25) is 9.69 Å². The van der Waals surface area contributed by atoms with Gasteiger partial charge in [0, 0.05) is 17.1 Å². The smallest absolute Gasteiger partial charge is 0.450 e. The Morgan fingerprint density at radius 1 is 1.16 bits per heavy atom. The number of halogens is 4. The second kappa shape index (κ2) is 8.31. The molecule has 31 heavy (non-hydrogen) atoms. The summed E-state index contributed by atoms with van der Waals surface area (Å²) in [5, 5.41) is 10.5. The SMILES string of the molecule is CC1CCCCN1Cc1c(O)ccc2c(=O)c(-c3ccc(Br)cc3)c(C(F)(F)F)oc12. The summed E-state index contributed by atoms with van der Waals surface area (Å²) in [6.45, 7) is 3.02. The minimum Gasteiger partial charge on any atom is -0.507 e. The third-order valence-corrected chi connectivity index (χ3v) is 6.36. The second-order valence-corrected chi connectivity index (χ2v) is 8.81. The highest BCUT2D eigenvalue weighted by Crippen LogP contribution is 2.39. The van der Waals surface area contributed by atoms with Gasteiger partial charge in [0.1, 0.15) is 11.3 Å². The maximum atomic E-state index is 14.0. The Morgan fingerprint density at radius 3 is 2.52 bits per heavy atom. The molecule has 0 amide bonds. The number of fused-ring (bicyclic) bond motifs is 1. The topological polar surface area (TPSA) is 53.7 Å². The summed E-state index contributed by atoms with van der Waals surface area (Å²) >= 11 is 3.25. The number of hydrogen-bond acceptors (Lipinski definition) is 4. The molecule has 2 heterocycles. The minimum atomic E-state index is -4.88. The molecular formula is C23H21BrF3NO3. The van der Waals surface area contributed by atoms with Crippen LogP contribution < -0.4 is 5.43 Å². The number of aromatic hydroxyl groups is 1. The lowest BCUT2D eigenvalue weighted by molar-refractivity contribution is -0.152. The van der Waals surface area contributed by atoms with Crippen LogP contribution in [0.15, 0.2) is 50.1 Å². The zero-order valence-corrected chi connectivity index (χ0v) is 18.4. The van der Waals surface area contributed by atoms with Crippen LogP contribution in [0.1, 0.15) is 37.5 Å². The van der Waals surface area contributed by atoms with Crippen molar-refractivity contribution in [3.05, 3.63) is 62.4 Å². The normalized spacial score (nSPS) is 17.9. The molecular weight excluding hydrogens is 475 g/mol. The van der Waals surface area contributed by atoms with E-state index >= 15 is 0 Å². The molecule has 1 N–H and O–H groups in total. The van der Waals surface area contributed by atoms with E-state index < -0.39 is 22.9 Å². The largest absolute Gasteiger partial charge is 0.507 e. The fourth-order valence-electron chi connectivity index (χ4n) is 4.13. The van der Waals surface area contributed by atoms with Gasteiger partial charge in [-0.1, -0.05) is 34.5 Å². The van der Waals surface area contributed by atoms with Crippen LogP contribution in [0.2, 0.25) is 0 Å². The van der Waals surface area contributed by atoms with Gasteiger partial charge in [0.2, 0.25) is 11.2 Å². The number of nitrogens with zero attached hydrogens (tertiary/aromatic N) is 1. The van der Waals surface area contributed by atoms with Crippen LogP contribution >= 0.6 is 15.9 Å². The highest BCUT2D eigenvalue weighted by molar-refractivity contribution is 9.10. The Bertz CT molecular complexity index is 1170. The van der Waals surface area contributed by atoms with Crippen molar-refractivity contribution < 1.29 is 22.7 Å². The highest BCUT2D eigenvalue weighted by atomic mass is 79.9. The van der Waals surface area contributed by atoms with E-state index in [4.69, 9.17) is 4.42 Å². The maximum absolute atomic E-state index is 14.0. The summed E-state index contributed by atoms with van der Waals surface area (Å²) in [7, 11) is 0. The van der Waals surface area contributed by atoms with Gasteiger partial charge in [-0.2, -0.15) is 13.2 Å². The quantitative estimate of drug-likeness (QED) is 0.461. The van der Waals surface area contributed by atoms with Crippen molar-refractivity contribution >= 4 is 26.9 Å². The molecule has 0 saturated carbocycles.